The van der Waals surface area contributed by atoms with Gasteiger partial charge in [0.2, 0.25) is 0 Å². The van der Waals surface area contributed by atoms with E-state index in [1.54, 1.807) is 4.90 Å². The maximum atomic E-state index is 11.7. The van der Waals surface area contributed by atoms with E-state index in [1.165, 1.54) is 0 Å². The second-order valence-electron chi connectivity index (χ2n) is 6.59. The summed E-state index contributed by atoms with van der Waals surface area (Å²) in [7, 11) is 0. The van der Waals surface area contributed by atoms with E-state index in [0.717, 1.165) is 38.7 Å². The zero-order valence-electron chi connectivity index (χ0n) is 15.3. The third-order valence-corrected chi connectivity index (χ3v) is 3.47. The van der Waals surface area contributed by atoms with Crippen molar-refractivity contribution in [1.29, 1.82) is 0 Å². The predicted octanol–water partition coefficient (Wildman–Crippen LogP) is 1.11. The number of ether oxygens (including phenoxy) is 1. The van der Waals surface area contributed by atoms with Crippen LogP contribution in [0.2, 0.25) is 0 Å². The third-order valence-electron chi connectivity index (χ3n) is 3.47. The van der Waals surface area contributed by atoms with Gasteiger partial charge >= 0.3 is 6.09 Å². The second-order valence-corrected chi connectivity index (χ2v) is 6.59. The van der Waals surface area contributed by atoms with Crippen LogP contribution in [0.4, 0.5) is 4.79 Å². The molecule has 1 rings (SSSR count). The van der Waals surface area contributed by atoms with Crippen molar-refractivity contribution in [3.05, 3.63) is 0 Å². The van der Waals surface area contributed by atoms with Crippen molar-refractivity contribution in [2.24, 2.45) is 4.99 Å². The Labute approximate surface area is 140 Å². The number of amides is 1. The van der Waals surface area contributed by atoms with Crippen LogP contribution < -0.4 is 10.6 Å². The third kappa shape index (κ3) is 7.54. The summed E-state index contributed by atoms with van der Waals surface area (Å²) in [5, 5.41) is 6.77. The predicted molar refractivity (Wildman–Crippen MR) is 93.9 cm³/mol. The summed E-state index contributed by atoms with van der Waals surface area (Å²) in [4.78, 5) is 20.4. The lowest BCUT2D eigenvalue weighted by atomic mass is 10.1. The number of carbonyl (C=O) groups excluding carboxylic acids is 1. The minimum atomic E-state index is -0.219. The van der Waals surface area contributed by atoms with Gasteiger partial charge in [-0.05, 0) is 34.6 Å². The van der Waals surface area contributed by atoms with E-state index in [2.05, 4.69) is 48.2 Å². The van der Waals surface area contributed by atoms with Gasteiger partial charge in [0.05, 0.1) is 13.2 Å². The fourth-order valence-corrected chi connectivity index (χ4v) is 2.33. The molecule has 23 heavy (non-hydrogen) atoms. The molecule has 0 aromatic carbocycles. The quantitative estimate of drug-likeness (QED) is 0.450. The van der Waals surface area contributed by atoms with E-state index in [9.17, 15) is 4.79 Å². The van der Waals surface area contributed by atoms with Crippen molar-refractivity contribution in [3.63, 3.8) is 0 Å². The number of hydrogen-bond donors (Lipinski definition) is 2. The van der Waals surface area contributed by atoms with E-state index in [0.29, 0.717) is 19.7 Å². The van der Waals surface area contributed by atoms with Crippen molar-refractivity contribution in [2.75, 3.05) is 52.4 Å². The lowest BCUT2D eigenvalue weighted by Gasteiger charge is -2.36. The molecule has 1 fully saturated rings. The van der Waals surface area contributed by atoms with Gasteiger partial charge in [0.1, 0.15) is 0 Å². The van der Waals surface area contributed by atoms with E-state index in [4.69, 9.17) is 4.74 Å². The Morgan fingerprint density at radius 3 is 2.26 bits per heavy atom. The molecule has 0 aliphatic carbocycles. The monoisotopic (exact) mass is 327 g/mol. The lowest BCUT2D eigenvalue weighted by molar-refractivity contribution is 0.0914. The molecule has 0 aromatic heterocycles. The molecule has 7 heteroatoms. The van der Waals surface area contributed by atoms with E-state index in [-0.39, 0.29) is 11.6 Å². The highest BCUT2D eigenvalue weighted by Gasteiger charge is 2.23. The first-order chi connectivity index (χ1) is 10.9. The van der Waals surface area contributed by atoms with Crippen molar-refractivity contribution < 1.29 is 9.53 Å². The highest BCUT2D eigenvalue weighted by atomic mass is 16.6. The summed E-state index contributed by atoms with van der Waals surface area (Å²) >= 11 is 0. The van der Waals surface area contributed by atoms with Gasteiger partial charge in [-0.3, -0.25) is 4.99 Å². The Morgan fingerprint density at radius 1 is 1.13 bits per heavy atom. The number of nitrogens with one attached hydrogen (secondary N) is 2. The van der Waals surface area contributed by atoms with E-state index >= 15 is 0 Å². The van der Waals surface area contributed by atoms with Crippen molar-refractivity contribution >= 4 is 12.1 Å². The molecule has 0 radical (unpaired) electrons. The van der Waals surface area contributed by atoms with Crippen molar-refractivity contribution in [2.45, 2.75) is 40.2 Å². The number of carbonyl (C=O) groups is 1. The second kappa shape index (κ2) is 9.60. The van der Waals surface area contributed by atoms with Crippen LogP contribution in [0, 0.1) is 0 Å². The number of rotatable bonds is 5. The molecule has 0 saturated carbocycles. The van der Waals surface area contributed by atoms with Crippen molar-refractivity contribution in [1.82, 2.24) is 20.4 Å². The fraction of sp³-hybridized carbons (Fsp3) is 0.875. The standard InChI is InChI=1S/C16H33N5O2/c1-6-17-14(18-8-9-19-16(3,4)5)20-10-12-21(13-11-20)15(22)23-7-2/h19H,6-13H2,1-5H3,(H,17,18). The smallest absolute Gasteiger partial charge is 0.409 e. The zero-order chi connectivity index (χ0) is 17.3. The van der Waals surface area contributed by atoms with Crippen LogP contribution in [0.25, 0.3) is 0 Å². The molecule has 1 heterocycles. The van der Waals surface area contributed by atoms with Crippen LogP contribution in [-0.4, -0.2) is 79.8 Å². The summed E-state index contributed by atoms with van der Waals surface area (Å²) < 4.78 is 5.05. The minimum absolute atomic E-state index is 0.110. The molecule has 134 valence electrons. The average molecular weight is 327 g/mol. The average Bonchev–Trinajstić information content (AvgIpc) is 2.50. The Balaban J connectivity index is 2.47. The Hall–Kier alpha value is -1.50. The summed E-state index contributed by atoms with van der Waals surface area (Å²) in [5.74, 6) is 0.923. The van der Waals surface area contributed by atoms with Crippen LogP contribution in [-0.2, 0) is 4.74 Å². The number of piperazine rings is 1. The SMILES string of the molecule is CCNC(=NCCNC(C)(C)C)N1CCN(C(=O)OCC)CC1. The zero-order valence-corrected chi connectivity index (χ0v) is 15.3. The van der Waals surface area contributed by atoms with Gasteiger partial charge in [-0.15, -0.1) is 0 Å². The highest BCUT2D eigenvalue weighted by Crippen LogP contribution is 2.04. The van der Waals surface area contributed by atoms with Crippen LogP contribution in [0.5, 0.6) is 0 Å². The molecule has 2 N–H and O–H groups in total. The molecule has 1 aliphatic rings. The van der Waals surface area contributed by atoms with E-state index < -0.39 is 0 Å². The maximum absolute atomic E-state index is 11.7. The van der Waals surface area contributed by atoms with Gasteiger partial charge in [-0.2, -0.15) is 0 Å². The highest BCUT2D eigenvalue weighted by molar-refractivity contribution is 5.80. The topological polar surface area (TPSA) is 69.2 Å². The fourth-order valence-electron chi connectivity index (χ4n) is 2.33. The van der Waals surface area contributed by atoms with Crippen LogP contribution in [0.15, 0.2) is 4.99 Å². The van der Waals surface area contributed by atoms with Gasteiger partial charge < -0.3 is 25.2 Å². The molecular weight excluding hydrogens is 294 g/mol. The number of guanidine groups is 1. The maximum Gasteiger partial charge on any atom is 0.409 e. The van der Waals surface area contributed by atoms with E-state index in [1.807, 2.05) is 6.92 Å². The Morgan fingerprint density at radius 2 is 1.74 bits per heavy atom. The van der Waals surface area contributed by atoms with Crippen LogP contribution in [0.3, 0.4) is 0 Å². The molecule has 7 nitrogen and oxygen atoms in total. The molecule has 1 saturated heterocycles. The van der Waals surface area contributed by atoms with Gasteiger partial charge in [-0.25, -0.2) is 4.79 Å². The summed E-state index contributed by atoms with van der Waals surface area (Å²) in [5.41, 5.74) is 0.110. The van der Waals surface area contributed by atoms with Crippen LogP contribution in [0.1, 0.15) is 34.6 Å². The van der Waals surface area contributed by atoms with Crippen molar-refractivity contribution in [3.8, 4) is 0 Å². The lowest BCUT2D eigenvalue weighted by Crippen LogP contribution is -2.54. The van der Waals surface area contributed by atoms with Gasteiger partial charge in [0, 0.05) is 44.8 Å². The first kappa shape index (κ1) is 19.5. The van der Waals surface area contributed by atoms with Gasteiger partial charge in [0.15, 0.2) is 5.96 Å². The largest absolute Gasteiger partial charge is 0.450 e. The molecule has 1 aliphatic heterocycles. The van der Waals surface area contributed by atoms with Crippen LogP contribution >= 0.6 is 0 Å². The molecule has 0 aromatic rings. The minimum Gasteiger partial charge on any atom is -0.450 e. The number of hydrogen-bond acceptors (Lipinski definition) is 4. The van der Waals surface area contributed by atoms with Gasteiger partial charge in [-0.1, -0.05) is 0 Å². The molecule has 0 unspecified atom stereocenters. The first-order valence-corrected chi connectivity index (χ1v) is 8.57. The first-order valence-electron chi connectivity index (χ1n) is 8.57. The van der Waals surface area contributed by atoms with Gasteiger partial charge in [0.25, 0.3) is 0 Å². The molecule has 1 amide bonds. The summed E-state index contributed by atoms with van der Waals surface area (Å²) in [6, 6.07) is 0. The normalized spacial score (nSPS) is 16.5. The Kier molecular flexibility index (Phi) is 8.16. The molecule has 0 bridgehead atoms. The number of aliphatic imine (C=N–C) groups is 1. The number of nitrogens with zero attached hydrogens (tertiary/aromatic N) is 3. The summed E-state index contributed by atoms with van der Waals surface area (Å²) in [6.07, 6.45) is -0.219. The Bertz CT molecular complexity index is 384. The molecule has 0 spiro atoms. The summed E-state index contributed by atoms with van der Waals surface area (Å²) in [6.45, 7) is 16.1. The molecule has 0 atom stereocenters. The molecular formula is C16H33N5O2.